The van der Waals surface area contributed by atoms with Crippen molar-refractivity contribution in [2.45, 2.75) is 19.2 Å². The fourth-order valence-electron chi connectivity index (χ4n) is 1.10. The van der Waals surface area contributed by atoms with Crippen molar-refractivity contribution in [3.63, 3.8) is 0 Å². The van der Waals surface area contributed by atoms with Gasteiger partial charge in [0.15, 0.2) is 0 Å². The summed E-state index contributed by atoms with van der Waals surface area (Å²) in [6.45, 7) is -0.427. The highest BCUT2D eigenvalue weighted by molar-refractivity contribution is 5.27. The lowest BCUT2D eigenvalue weighted by Crippen LogP contribution is -1.89. The SMILES string of the molecule is [2H]C([2H])(CO)CCc1ccc(OC)cc1. The number of aryl methyl sites for hydroxylation is 1. The van der Waals surface area contributed by atoms with E-state index >= 15 is 0 Å². The second-order valence-corrected chi connectivity index (χ2v) is 2.76. The highest BCUT2D eigenvalue weighted by Crippen LogP contribution is 2.12. The number of aliphatic hydroxyl groups is 1. The number of aliphatic hydroxyl groups excluding tert-OH is 1. The van der Waals surface area contributed by atoms with Crippen molar-refractivity contribution in [1.29, 1.82) is 0 Å². The van der Waals surface area contributed by atoms with E-state index in [0.29, 0.717) is 12.8 Å². The van der Waals surface area contributed by atoms with Crippen LogP contribution < -0.4 is 4.74 Å². The molecule has 0 radical (unpaired) electrons. The maximum atomic E-state index is 8.76. The van der Waals surface area contributed by atoms with E-state index in [9.17, 15) is 0 Å². The Morgan fingerprint density at radius 3 is 2.62 bits per heavy atom. The summed E-state index contributed by atoms with van der Waals surface area (Å²) in [7, 11) is 1.61. The van der Waals surface area contributed by atoms with Crippen LogP contribution in [0, 0.1) is 0 Å². The molecule has 13 heavy (non-hydrogen) atoms. The zero-order chi connectivity index (χ0) is 11.3. The normalized spacial score (nSPS) is 13.4. The summed E-state index contributed by atoms with van der Waals surface area (Å²) in [5, 5.41) is 8.76. The van der Waals surface area contributed by atoms with Crippen LogP contribution in [0.2, 0.25) is 0 Å². The fraction of sp³-hybridized carbons (Fsp3) is 0.455. The predicted molar refractivity (Wildman–Crippen MR) is 53.0 cm³/mol. The zero-order valence-corrected chi connectivity index (χ0v) is 7.79. The van der Waals surface area contributed by atoms with Crippen LogP contribution in [-0.4, -0.2) is 18.8 Å². The molecule has 0 aliphatic heterocycles. The summed E-state index contributed by atoms with van der Waals surface area (Å²) >= 11 is 0. The molecule has 2 nitrogen and oxygen atoms in total. The molecule has 0 spiro atoms. The van der Waals surface area contributed by atoms with Gasteiger partial charge < -0.3 is 9.84 Å². The summed E-state index contributed by atoms with van der Waals surface area (Å²) in [4.78, 5) is 0. The summed E-state index contributed by atoms with van der Waals surface area (Å²) in [5.41, 5.74) is 1.05. The average Bonchev–Trinajstić information content (AvgIpc) is 2.27. The third-order valence-corrected chi connectivity index (χ3v) is 1.86. The number of rotatable bonds is 5. The minimum absolute atomic E-state index is 0.329. The van der Waals surface area contributed by atoms with Crippen LogP contribution >= 0.6 is 0 Å². The molecular weight excluding hydrogens is 164 g/mol. The third-order valence-electron chi connectivity index (χ3n) is 1.86. The van der Waals surface area contributed by atoms with Crippen molar-refractivity contribution in [2.75, 3.05) is 13.7 Å². The van der Waals surface area contributed by atoms with Crippen LogP contribution in [0.25, 0.3) is 0 Å². The van der Waals surface area contributed by atoms with E-state index in [1.807, 2.05) is 24.3 Å². The van der Waals surface area contributed by atoms with Gasteiger partial charge in [-0.15, -0.1) is 0 Å². The molecule has 72 valence electrons. The monoisotopic (exact) mass is 182 g/mol. The number of hydrogen-bond donors (Lipinski definition) is 1. The molecule has 0 fully saturated rings. The van der Waals surface area contributed by atoms with Crippen LogP contribution in [0.5, 0.6) is 5.75 Å². The molecule has 0 saturated carbocycles. The number of methoxy groups -OCH3 is 1. The topological polar surface area (TPSA) is 29.5 Å². The standard InChI is InChI=1S/C11H16O2/c1-13-11-7-5-10(6-8-11)4-2-3-9-12/h5-8,12H,2-4,9H2,1H3/i3D2. The average molecular weight is 182 g/mol. The minimum Gasteiger partial charge on any atom is -0.497 e. The lowest BCUT2D eigenvalue weighted by Gasteiger charge is -2.02. The van der Waals surface area contributed by atoms with Gasteiger partial charge in [-0.25, -0.2) is 0 Å². The lowest BCUT2D eigenvalue weighted by molar-refractivity contribution is 0.284. The molecule has 0 aromatic heterocycles. The highest BCUT2D eigenvalue weighted by atomic mass is 16.5. The maximum Gasteiger partial charge on any atom is 0.118 e. The molecule has 2 heteroatoms. The van der Waals surface area contributed by atoms with Crippen LogP contribution in [0.15, 0.2) is 24.3 Å². The third kappa shape index (κ3) is 3.47. The van der Waals surface area contributed by atoms with Crippen molar-refractivity contribution in [3.8, 4) is 5.75 Å². The largest absolute Gasteiger partial charge is 0.497 e. The van der Waals surface area contributed by atoms with Gasteiger partial charge in [0.2, 0.25) is 0 Å². The van der Waals surface area contributed by atoms with Gasteiger partial charge >= 0.3 is 0 Å². The summed E-state index contributed by atoms with van der Waals surface area (Å²) < 4.78 is 19.8. The highest BCUT2D eigenvalue weighted by Gasteiger charge is 1.93. The van der Waals surface area contributed by atoms with Gasteiger partial charge in [0.05, 0.1) is 7.11 Å². The molecule has 1 N–H and O–H groups in total. The van der Waals surface area contributed by atoms with E-state index in [0.717, 1.165) is 11.3 Å². The zero-order valence-electron chi connectivity index (χ0n) is 9.79. The number of hydrogen-bond acceptors (Lipinski definition) is 2. The smallest absolute Gasteiger partial charge is 0.118 e. The van der Waals surface area contributed by atoms with Gasteiger partial charge in [-0.3, -0.25) is 0 Å². The number of ether oxygens (including phenoxy) is 1. The Balaban J connectivity index is 2.51. The van der Waals surface area contributed by atoms with Gasteiger partial charge in [-0.1, -0.05) is 12.1 Å². The van der Waals surface area contributed by atoms with E-state index in [4.69, 9.17) is 12.6 Å². The van der Waals surface area contributed by atoms with Crippen molar-refractivity contribution < 1.29 is 12.6 Å². The molecule has 0 bridgehead atoms. The van der Waals surface area contributed by atoms with E-state index in [1.54, 1.807) is 7.11 Å². The Labute approximate surface area is 82.0 Å². The summed E-state index contributed by atoms with van der Waals surface area (Å²) in [5.74, 6) is 0.795. The first kappa shape index (κ1) is 7.39. The van der Waals surface area contributed by atoms with E-state index < -0.39 is 13.0 Å². The predicted octanol–water partition coefficient (Wildman–Crippen LogP) is 2.01. The summed E-state index contributed by atoms with van der Waals surface area (Å²) in [6, 6.07) is 7.52. The molecule has 0 aliphatic rings. The van der Waals surface area contributed by atoms with Gasteiger partial charge in [-0.2, -0.15) is 0 Å². The van der Waals surface area contributed by atoms with Crippen LogP contribution in [-0.2, 0) is 6.42 Å². The molecule has 1 aromatic rings. The molecule has 1 rings (SSSR count). The first-order chi connectivity index (χ1) is 7.07. The van der Waals surface area contributed by atoms with Crippen molar-refractivity contribution >= 4 is 0 Å². The first-order valence-corrected chi connectivity index (χ1v) is 4.31. The molecule has 0 amide bonds. The molecule has 0 aliphatic carbocycles. The Morgan fingerprint density at radius 1 is 1.38 bits per heavy atom. The molecule has 0 saturated heterocycles. The van der Waals surface area contributed by atoms with Crippen molar-refractivity contribution in [1.82, 2.24) is 0 Å². The van der Waals surface area contributed by atoms with Crippen molar-refractivity contribution in [3.05, 3.63) is 29.8 Å². The minimum atomic E-state index is -1.49. The van der Waals surface area contributed by atoms with E-state index in [2.05, 4.69) is 0 Å². The van der Waals surface area contributed by atoms with Crippen LogP contribution in [0.4, 0.5) is 0 Å². The lowest BCUT2D eigenvalue weighted by atomic mass is 10.1. The Bertz CT molecular complexity index is 296. The van der Waals surface area contributed by atoms with E-state index in [-0.39, 0.29) is 0 Å². The molecule has 1 aromatic carbocycles. The quantitative estimate of drug-likeness (QED) is 0.754. The van der Waals surface area contributed by atoms with Gasteiger partial charge in [0.25, 0.3) is 0 Å². The van der Waals surface area contributed by atoms with Gasteiger partial charge in [0.1, 0.15) is 5.75 Å². The Hall–Kier alpha value is -1.02. The number of benzene rings is 1. The Morgan fingerprint density at radius 2 is 2.08 bits per heavy atom. The molecular formula is C11H16O2. The van der Waals surface area contributed by atoms with Crippen LogP contribution in [0.1, 0.15) is 21.1 Å². The molecule has 0 heterocycles. The van der Waals surface area contributed by atoms with E-state index in [1.165, 1.54) is 0 Å². The Kier molecular flexibility index (Phi) is 3.18. The summed E-state index contributed by atoms with van der Waals surface area (Å²) in [6.07, 6.45) is -0.534. The second kappa shape index (κ2) is 5.60. The molecule has 0 atom stereocenters. The fourth-order valence-corrected chi connectivity index (χ4v) is 1.10. The maximum absolute atomic E-state index is 8.76. The van der Waals surface area contributed by atoms with Crippen molar-refractivity contribution in [2.24, 2.45) is 0 Å². The van der Waals surface area contributed by atoms with Gasteiger partial charge in [0, 0.05) is 9.35 Å². The van der Waals surface area contributed by atoms with Gasteiger partial charge in [-0.05, 0) is 36.9 Å². The van der Waals surface area contributed by atoms with Crippen LogP contribution in [0.3, 0.4) is 0 Å². The molecule has 0 unspecified atom stereocenters. The second-order valence-electron chi connectivity index (χ2n) is 2.76. The first-order valence-electron chi connectivity index (χ1n) is 5.31.